The fraction of sp³-hybridized carbons (Fsp3) is 0.925. The SMILES string of the molecule is CCCCCCCCCCCCCCCCCCCCCCCCOC(=O)NC(COC1CCC=CC(O)C(O)C1O)C(O)CC(O)CC. The molecule has 6 N–H and O–H groups in total. The lowest BCUT2D eigenvalue weighted by Crippen LogP contribution is -2.51. The summed E-state index contributed by atoms with van der Waals surface area (Å²) in [6.45, 7) is 4.21. The average molecular weight is 700 g/mol. The van der Waals surface area contributed by atoms with E-state index < -0.39 is 48.8 Å². The summed E-state index contributed by atoms with van der Waals surface area (Å²) in [6, 6.07) is -0.881. The van der Waals surface area contributed by atoms with Gasteiger partial charge in [0.25, 0.3) is 0 Å². The van der Waals surface area contributed by atoms with Crippen LogP contribution in [-0.2, 0) is 9.47 Å². The van der Waals surface area contributed by atoms with E-state index in [0.717, 1.165) is 19.3 Å². The number of amides is 1. The maximum Gasteiger partial charge on any atom is 0.407 e. The van der Waals surface area contributed by atoms with Gasteiger partial charge >= 0.3 is 6.09 Å². The molecule has 9 heteroatoms. The van der Waals surface area contributed by atoms with Gasteiger partial charge in [-0.1, -0.05) is 161 Å². The van der Waals surface area contributed by atoms with Gasteiger partial charge in [0.2, 0.25) is 0 Å². The average Bonchev–Trinajstić information content (AvgIpc) is 3.09. The van der Waals surface area contributed by atoms with Crippen molar-refractivity contribution in [2.75, 3.05) is 13.2 Å². The molecule has 49 heavy (non-hydrogen) atoms. The first-order chi connectivity index (χ1) is 23.8. The van der Waals surface area contributed by atoms with Gasteiger partial charge in [-0.3, -0.25) is 0 Å². The molecule has 0 fully saturated rings. The van der Waals surface area contributed by atoms with Crippen LogP contribution in [0.15, 0.2) is 12.2 Å². The molecular weight excluding hydrogens is 622 g/mol. The highest BCUT2D eigenvalue weighted by atomic mass is 16.5. The molecule has 1 amide bonds. The van der Waals surface area contributed by atoms with Gasteiger partial charge in [0.05, 0.1) is 37.6 Å². The number of hydrogen-bond acceptors (Lipinski definition) is 8. The monoisotopic (exact) mass is 700 g/mol. The minimum atomic E-state index is -1.41. The van der Waals surface area contributed by atoms with E-state index in [1.165, 1.54) is 128 Å². The van der Waals surface area contributed by atoms with Crippen LogP contribution in [0, 0.1) is 0 Å². The van der Waals surface area contributed by atoms with E-state index in [1.54, 1.807) is 13.0 Å². The molecule has 0 aromatic heterocycles. The summed E-state index contributed by atoms with van der Waals surface area (Å²) >= 11 is 0. The van der Waals surface area contributed by atoms with Crippen molar-refractivity contribution in [2.24, 2.45) is 0 Å². The van der Waals surface area contributed by atoms with Gasteiger partial charge in [0.15, 0.2) is 0 Å². The maximum atomic E-state index is 12.5. The predicted octanol–water partition coefficient (Wildman–Crippen LogP) is 8.02. The van der Waals surface area contributed by atoms with Gasteiger partial charge in [-0.05, 0) is 25.7 Å². The summed E-state index contributed by atoms with van der Waals surface area (Å²) in [5.74, 6) is 0. The van der Waals surface area contributed by atoms with Crippen molar-refractivity contribution < 1.29 is 39.8 Å². The molecule has 290 valence electrons. The van der Waals surface area contributed by atoms with Crippen LogP contribution in [0.2, 0.25) is 0 Å². The number of carbonyl (C=O) groups is 1. The Bertz CT molecular complexity index is 783. The van der Waals surface area contributed by atoms with Gasteiger partial charge < -0.3 is 40.3 Å². The Labute approximate surface area is 299 Å². The minimum absolute atomic E-state index is 0.0432. The van der Waals surface area contributed by atoms with E-state index in [0.29, 0.717) is 19.3 Å². The van der Waals surface area contributed by atoms with Crippen molar-refractivity contribution in [3.05, 3.63) is 12.2 Å². The maximum absolute atomic E-state index is 12.5. The van der Waals surface area contributed by atoms with Crippen molar-refractivity contribution in [1.29, 1.82) is 0 Å². The van der Waals surface area contributed by atoms with Gasteiger partial charge in [0.1, 0.15) is 18.3 Å². The third-order valence-corrected chi connectivity index (χ3v) is 10.0. The molecule has 7 unspecified atom stereocenters. The molecule has 0 bridgehead atoms. The molecule has 1 aliphatic carbocycles. The van der Waals surface area contributed by atoms with E-state index in [1.807, 2.05) is 0 Å². The zero-order valence-electron chi connectivity index (χ0n) is 31.5. The fourth-order valence-corrected chi connectivity index (χ4v) is 6.54. The number of rotatable bonds is 31. The lowest BCUT2D eigenvalue weighted by molar-refractivity contribution is -0.124. The Kier molecular flexibility index (Phi) is 29.4. The molecule has 1 rings (SSSR count). The second-order valence-corrected chi connectivity index (χ2v) is 14.5. The first-order valence-electron chi connectivity index (χ1n) is 20.4. The summed E-state index contributed by atoms with van der Waals surface area (Å²) < 4.78 is 11.2. The van der Waals surface area contributed by atoms with Gasteiger partial charge in [0, 0.05) is 6.42 Å². The van der Waals surface area contributed by atoms with E-state index in [-0.39, 0.29) is 19.6 Å². The molecule has 0 aliphatic heterocycles. The summed E-state index contributed by atoms with van der Waals surface area (Å²) in [7, 11) is 0. The van der Waals surface area contributed by atoms with Crippen molar-refractivity contribution in [2.45, 2.75) is 223 Å². The van der Waals surface area contributed by atoms with Gasteiger partial charge in [-0.25, -0.2) is 4.79 Å². The van der Waals surface area contributed by atoms with E-state index >= 15 is 0 Å². The zero-order chi connectivity index (χ0) is 36.0. The smallest absolute Gasteiger partial charge is 0.407 e. The van der Waals surface area contributed by atoms with Crippen LogP contribution in [0.5, 0.6) is 0 Å². The summed E-state index contributed by atoms with van der Waals surface area (Å²) in [5.41, 5.74) is 0. The largest absolute Gasteiger partial charge is 0.450 e. The van der Waals surface area contributed by atoms with Crippen LogP contribution >= 0.6 is 0 Å². The van der Waals surface area contributed by atoms with Crippen molar-refractivity contribution in [3.63, 3.8) is 0 Å². The third-order valence-electron chi connectivity index (χ3n) is 10.0. The molecule has 0 saturated carbocycles. The standard InChI is InChI=1S/C40H77NO8/c1-3-5-6-7-8-9-10-11-12-13-14-15-16-17-18-19-20-21-22-23-24-27-30-48-40(47)41-34(36(44)31-33(42)4-2)32-49-37-29-26-25-28-35(43)38(45)39(37)46/h25,28,33-39,42-46H,3-24,26-27,29-32H2,1-2H3,(H,41,47). The summed E-state index contributed by atoms with van der Waals surface area (Å²) in [6.07, 6.45) is 26.3. The Morgan fingerprint density at radius 3 is 1.65 bits per heavy atom. The normalized spacial score (nSPS) is 21.5. The van der Waals surface area contributed by atoms with E-state index in [9.17, 15) is 30.3 Å². The van der Waals surface area contributed by atoms with Crippen LogP contribution in [0.25, 0.3) is 0 Å². The number of carbonyl (C=O) groups excluding carboxylic acids is 1. The zero-order valence-corrected chi connectivity index (χ0v) is 31.5. The second-order valence-electron chi connectivity index (χ2n) is 14.5. The first kappa shape index (κ1) is 45.8. The number of aliphatic hydroxyl groups excluding tert-OH is 5. The Morgan fingerprint density at radius 2 is 1.18 bits per heavy atom. The molecule has 1 aliphatic rings. The Morgan fingerprint density at radius 1 is 0.714 bits per heavy atom. The molecule has 0 heterocycles. The molecule has 0 radical (unpaired) electrons. The quantitative estimate of drug-likeness (QED) is 0.0315. The van der Waals surface area contributed by atoms with Crippen LogP contribution in [0.4, 0.5) is 4.79 Å². The lowest BCUT2D eigenvalue weighted by atomic mass is 9.96. The van der Waals surface area contributed by atoms with E-state index in [2.05, 4.69) is 12.2 Å². The van der Waals surface area contributed by atoms with Crippen molar-refractivity contribution >= 4 is 6.09 Å². The number of nitrogens with one attached hydrogen (secondary N) is 1. The first-order valence-corrected chi connectivity index (χ1v) is 20.4. The number of alkyl carbamates (subject to hydrolysis) is 1. The Hall–Kier alpha value is -1.23. The molecule has 9 nitrogen and oxygen atoms in total. The topological polar surface area (TPSA) is 149 Å². The predicted molar refractivity (Wildman–Crippen MR) is 199 cm³/mol. The molecular formula is C40H77NO8. The van der Waals surface area contributed by atoms with Crippen LogP contribution in [0.3, 0.4) is 0 Å². The number of allylic oxidation sites excluding steroid dienone is 1. The number of aliphatic hydroxyl groups is 5. The Balaban J connectivity index is 2.09. The third kappa shape index (κ3) is 24.6. The van der Waals surface area contributed by atoms with Gasteiger partial charge in [-0.15, -0.1) is 0 Å². The lowest BCUT2D eigenvalue weighted by Gasteiger charge is -2.32. The molecule has 0 saturated heterocycles. The van der Waals surface area contributed by atoms with Gasteiger partial charge in [-0.2, -0.15) is 0 Å². The summed E-state index contributed by atoms with van der Waals surface area (Å²) in [5, 5.41) is 54.1. The molecule has 0 spiro atoms. The van der Waals surface area contributed by atoms with Crippen molar-refractivity contribution in [1.82, 2.24) is 5.32 Å². The highest BCUT2D eigenvalue weighted by molar-refractivity contribution is 5.67. The van der Waals surface area contributed by atoms with Crippen LogP contribution in [0.1, 0.15) is 181 Å². The highest BCUT2D eigenvalue weighted by Crippen LogP contribution is 2.19. The summed E-state index contributed by atoms with van der Waals surface area (Å²) in [4.78, 5) is 12.5. The van der Waals surface area contributed by atoms with E-state index in [4.69, 9.17) is 9.47 Å². The van der Waals surface area contributed by atoms with Crippen LogP contribution < -0.4 is 5.32 Å². The highest BCUT2D eigenvalue weighted by Gasteiger charge is 2.33. The number of unbranched alkanes of at least 4 members (excludes halogenated alkanes) is 21. The molecule has 0 aromatic carbocycles. The molecule has 7 atom stereocenters. The van der Waals surface area contributed by atoms with Crippen molar-refractivity contribution in [3.8, 4) is 0 Å². The molecule has 0 aromatic rings. The fourth-order valence-electron chi connectivity index (χ4n) is 6.54. The van der Waals surface area contributed by atoms with Crippen LogP contribution in [-0.4, -0.2) is 87.5 Å². The minimum Gasteiger partial charge on any atom is -0.450 e. The second kappa shape index (κ2) is 31.5. The number of ether oxygens (including phenoxy) is 2. The number of hydrogen-bond donors (Lipinski definition) is 6.